The standard InChI is InChI=1S/C11H18N2O2/c14-11(4-2-1-3-5-11)8-12-6-10-7-13-9-15-10/h7,9,12,14H,1-6,8H2. The lowest BCUT2D eigenvalue weighted by molar-refractivity contribution is 0.00438. The highest BCUT2D eigenvalue weighted by molar-refractivity contribution is 4.89. The topological polar surface area (TPSA) is 58.3 Å². The van der Waals surface area contributed by atoms with E-state index in [1.165, 1.54) is 12.8 Å². The number of rotatable bonds is 4. The van der Waals surface area contributed by atoms with Crippen LogP contribution in [0.25, 0.3) is 0 Å². The molecular weight excluding hydrogens is 192 g/mol. The van der Waals surface area contributed by atoms with Gasteiger partial charge < -0.3 is 14.8 Å². The maximum atomic E-state index is 10.2. The van der Waals surface area contributed by atoms with E-state index in [9.17, 15) is 5.11 Å². The van der Waals surface area contributed by atoms with Crippen LogP contribution in [0, 0.1) is 0 Å². The van der Waals surface area contributed by atoms with Crippen molar-refractivity contribution < 1.29 is 9.52 Å². The summed E-state index contributed by atoms with van der Waals surface area (Å²) in [5, 5.41) is 13.4. The van der Waals surface area contributed by atoms with Crippen LogP contribution >= 0.6 is 0 Å². The van der Waals surface area contributed by atoms with Crippen LogP contribution in [0.4, 0.5) is 0 Å². The van der Waals surface area contributed by atoms with E-state index < -0.39 is 5.60 Å². The van der Waals surface area contributed by atoms with E-state index in [2.05, 4.69) is 10.3 Å². The zero-order chi connectivity index (χ0) is 10.6. The number of aliphatic hydroxyl groups is 1. The first kappa shape index (κ1) is 10.6. The predicted octanol–water partition coefficient (Wildman–Crippen LogP) is 1.46. The van der Waals surface area contributed by atoms with Gasteiger partial charge in [-0.15, -0.1) is 0 Å². The molecule has 15 heavy (non-hydrogen) atoms. The molecule has 0 unspecified atom stereocenters. The first-order valence-electron chi connectivity index (χ1n) is 5.59. The zero-order valence-corrected chi connectivity index (χ0v) is 8.91. The Morgan fingerprint density at radius 3 is 2.87 bits per heavy atom. The molecule has 0 aliphatic heterocycles. The van der Waals surface area contributed by atoms with E-state index in [1.54, 1.807) is 6.20 Å². The molecular formula is C11H18N2O2. The van der Waals surface area contributed by atoms with Crippen LogP contribution in [-0.4, -0.2) is 22.2 Å². The lowest BCUT2D eigenvalue weighted by Crippen LogP contribution is -2.41. The van der Waals surface area contributed by atoms with Gasteiger partial charge in [0.2, 0.25) is 0 Å². The van der Waals surface area contributed by atoms with E-state index in [0.29, 0.717) is 13.1 Å². The molecule has 0 atom stereocenters. The van der Waals surface area contributed by atoms with Gasteiger partial charge in [-0.2, -0.15) is 0 Å². The van der Waals surface area contributed by atoms with Crippen LogP contribution in [0.5, 0.6) is 0 Å². The zero-order valence-electron chi connectivity index (χ0n) is 8.91. The predicted molar refractivity (Wildman–Crippen MR) is 56.2 cm³/mol. The minimum Gasteiger partial charge on any atom is -0.447 e. The van der Waals surface area contributed by atoms with Crippen LogP contribution in [0.15, 0.2) is 17.0 Å². The van der Waals surface area contributed by atoms with Gasteiger partial charge in [0.05, 0.1) is 18.3 Å². The summed E-state index contributed by atoms with van der Waals surface area (Å²) in [6.07, 6.45) is 8.47. The Morgan fingerprint density at radius 2 is 2.20 bits per heavy atom. The van der Waals surface area contributed by atoms with Gasteiger partial charge in [-0.05, 0) is 12.8 Å². The molecule has 84 valence electrons. The summed E-state index contributed by atoms with van der Waals surface area (Å²) in [6.45, 7) is 1.29. The van der Waals surface area contributed by atoms with Crippen molar-refractivity contribution in [3.05, 3.63) is 18.4 Å². The van der Waals surface area contributed by atoms with E-state index >= 15 is 0 Å². The maximum Gasteiger partial charge on any atom is 0.180 e. The Kier molecular flexibility index (Phi) is 3.38. The van der Waals surface area contributed by atoms with Gasteiger partial charge in [0.25, 0.3) is 0 Å². The monoisotopic (exact) mass is 210 g/mol. The van der Waals surface area contributed by atoms with E-state index in [4.69, 9.17) is 4.42 Å². The minimum absolute atomic E-state index is 0.502. The molecule has 1 heterocycles. The summed E-state index contributed by atoms with van der Waals surface area (Å²) < 4.78 is 5.10. The first-order valence-corrected chi connectivity index (χ1v) is 5.59. The summed E-state index contributed by atoms with van der Waals surface area (Å²) in [4.78, 5) is 3.84. The average Bonchev–Trinajstić information content (AvgIpc) is 2.71. The third kappa shape index (κ3) is 3.04. The molecule has 0 amide bonds. The molecule has 1 aromatic heterocycles. The normalized spacial score (nSPS) is 20.3. The molecule has 0 saturated heterocycles. The second kappa shape index (κ2) is 4.77. The summed E-state index contributed by atoms with van der Waals surface area (Å²) in [6, 6.07) is 0. The Labute approximate surface area is 89.7 Å². The second-order valence-electron chi connectivity index (χ2n) is 4.36. The average molecular weight is 210 g/mol. The summed E-state index contributed by atoms with van der Waals surface area (Å²) in [5.41, 5.74) is -0.502. The number of oxazole rings is 1. The lowest BCUT2D eigenvalue weighted by atomic mass is 9.85. The molecule has 2 N–H and O–H groups in total. The number of hydrogen-bond acceptors (Lipinski definition) is 4. The number of nitrogens with one attached hydrogen (secondary N) is 1. The van der Waals surface area contributed by atoms with E-state index in [-0.39, 0.29) is 0 Å². The van der Waals surface area contributed by atoms with Gasteiger partial charge in [0.15, 0.2) is 6.39 Å². The van der Waals surface area contributed by atoms with Crippen LogP contribution < -0.4 is 5.32 Å². The molecule has 2 rings (SSSR count). The molecule has 1 aliphatic rings. The molecule has 1 fully saturated rings. The fourth-order valence-electron chi connectivity index (χ4n) is 2.13. The van der Waals surface area contributed by atoms with Gasteiger partial charge in [0.1, 0.15) is 5.76 Å². The number of aromatic nitrogens is 1. The Morgan fingerprint density at radius 1 is 1.40 bits per heavy atom. The molecule has 1 aliphatic carbocycles. The smallest absolute Gasteiger partial charge is 0.180 e. The first-order chi connectivity index (χ1) is 7.29. The summed E-state index contributed by atoms with van der Waals surface area (Å²) >= 11 is 0. The van der Waals surface area contributed by atoms with Crippen LogP contribution in [-0.2, 0) is 6.54 Å². The third-order valence-electron chi connectivity index (χ3n) is 3.02. The lowest BCUT2D eigenvalue weighted by Gasteiger charge is -2.32. The molecule has 1 saturated carbocycles. The molecule has 4 nitrogen and oxygen atoms in total. The fraction of sp³-hybridized carbons (Fsp3) is 0.727. The van der Waals surface area contributed by atoms with Crippen molar-refractivity contribution in [2.24, 2.45) is 0 Å². The quantitative estimate of drug-likeness (QED) is 0.790. The van der Waals surface area contributed by atoms with Gasteiger partial charge >= 0.3 is 0 Å². The summed E-state index contributed by atoms with van der Waals surface area (Å²) in [7, 11) is 0. The van der Waals surface area contributed by atoms with Gasteiger partial charge in [-0.25, -0.2) is 4.98 Å². The SMILES string of the molecule is OC1(CNCc2cnco2)CCCCC1. The van der Waals surface area contributed by atoms with Gasteiger partial charge in [-0.3, -0.25) is 0 Å². The van der Waals surface area contributed by atoms with Crippen LogP contribution in [0.3, 0.4) is 0 Å². The highest BCUT2D eigenvalue weighted by Gasteiger charge is 2.28. The van der Waals surface area contributed by atoms with Crippen molar-refractivity contribution in [3.63, 3.8) is 0 Å². The van der Waals surface area contributed by atoms with E-state index in [1.807, 2.05) is 0 Å². The van der Waals surface area contributed by atoms with E-state index in [0.717, 1.165) is 31.4 Å². The molecule has 1 aromatic rings. The van der Waals surface area contributed by atoms with Crippen molar-refractivity contribution in [2.75, 3.05) is 6.54 Å². The fourth-order valence-corrected chi connectivity index (χ4v) is 2.13. The van der Waals surface area contributed by atoms with Crippen LogP contribution in [0.2, 0.25) is 0 Å². The number of hydrogen-bond donors (Lipinski definition) is 2. The highest BCUT2D eigenvalue weighted by atomic mass is 16.3. The van der Waals surface area contributed by atoms with Crippen molar-refractivity contribution >= 4 is 0 Å². The van der Waals surface area contributed by atoms with Gasteiger partial charge in [0, 0.05) is 6.54 Å². The Bertz CT molecular complexity index is 279. The molecule has 4 heteroatoms. The van der Waals surface area contributed by atoms with Crippen LogP contribution in [0.1, 0.15) is 37.9 Å². The van der Waals surface area contributed by atoms with Gasteiger partial charge in [-0.1, -0.05) is 19.3 Å². The summed E-state index contributed by atoms with van der Waals surface area (Å²) in [5.74, 6) is 0.814. The molecule has 0 radical (unpaired) electrons. The van der Waals surface area contributed by atoms with Crippen molar-refractivity contribution in [1.29, 1.82) is 0 Å². The minimum atomic E-state index is -0.502. The second-order valence-corrected chi connectivity index (χ2v) is 4.36. The van der Waals surface area contributed by atoms with Crippen molar-refractivity contribution in [1.82, 2.24) is 10.3 Å². The largest absolute Gasteiger partial charge is 0.447 e. The molecule has 0 aromatic carbocycles. The van der Waals surface area contributed by atoms with Crippen molar-refractivity contribution in [3.8, 4) is 0 Å². The van der Waals surface area contributed by atoms with Crippen molar-refractivity contribution in [2.45, 2.75) is 44.2 Å². The third-order valence-corrected chi connectivity index (χ3v) is 3.02. The number of nitrogens with zero attached hydrogens (tertiary/aromatic N) is 1. The molecule has 0 bridgehead atoms. The molecule has 0 spiro atoms. The maximum absolute atomic E-state index is 10.2. The Hall–Kier alpha value is -0.870. The Balaban J connectivity index is 1.72. The highest BCUT2D eigenvalue weighted by Crippen LogP contribution is 2.27.